The van der Waals surface area contributed by atoms with Crippen molar-refractivity contribution in [2.24, 2.45) is 17.8 Å². The van der Waals surface area contributed by atoms with Crippen LogP contribution in [0.15, 0.2) is 24.3 Å². The topological polar surface area (TPSA) is 79.5 Å². The molecule has 2 amide bonds. The predicted octanol–water partition coefficient (Wildman–Crippen LogP) is 2.27. The molecule has 0 aromatic heterocycles. The number of carbonyl (C=O) groups is 2. The van der Waals surface area contributed by atoms with Crippen LogP contribution in [0.25, 0.3) is 0 Å². The van der Waals surface area contributed by atoms with Crippen LogP contribution in [-0.4, -0.2) is 36.7 Å². The molecule has 27 heavy (non-hydrogen) atoms. The molecule has 1 aromatic carbocycles. The first-order chi connectivity index (χ1) is 13.1. The van der Waals surface area contributed by atoms with Gasteiger partial charge in [0.2, 0.25) is 5.91 Å². The Morgan fingerprint density at radius 1 is 1.22 bits per heavy atom. The minimum absolute atomic E-state index is 0.00344. The number of rotatable bonds is 3. The SMILES string of the molecule is O=C1N[C@@]2(CC3CCC2CC3C(=O)NCC2CCCO2)Nc2ccccc21. The Morgan fingerprint density at radius 2 is 2.11 bits per heavy atom. The molecular formula is C21H27N3O3. The number of anilines is 1. The molecular weight excluding hydrogens is 342 g/mol. The summed E-state index contributed by atoms with van der Waals surface area (Å²) in [6.45, 7) is 1.43. The third-order valence-corrected chi connectivity index (χ3v) is 7.01. The fraction of sp³-hybridized carbons (Fsp3) is 0.619. The van der Waals surface area contributed by atoms with E-state index in [1.807, 2.05) is 24.3 Å². The van der Waals surface area contributed by atoms with Crippen molar-refractivity contribution in [3.05, 3.63) is 29.8 Å². The van der Waals surface area contributed by atoms with Crippen LogP contribution in [0.5, 0.6) is 0 Å². The number of ether oxygens (including phenoxy) is 1. The Kier molecular flexibility index (Phi) is 4.11. The molecule has 3 saturated carbocycles. The molecule has 5 aliphatic rings. The van der Waals surface area contributed by atoms with E-state index in [0.29, 0.717) is 18.0 Å². The smallest absolute Gasteiger partial charge is 0.255 e. The van der Waals surface area contributed by atoms with Gasteiger partial charge in [-0.25, -0.2) is 0 Å². The van der Waals surface area contributed by atoms with E-state index in [9.17, 15) is 9.59 Å². The molecule has 2 aliphatic heterocycles. The first kappa shape index (κ1) is 17.0. The van der Waals surface area contributed by atoms with Crippen molar-refractivity contribution in [2.75, 3.05) is 18.5 Å². The van der Waals surface area contributed by atoms with Crippen molar-refractivity contribution >= 4 is 17.5 Å². The Bertz CT molecular complexity index is 761. The molecule has 6 heteroatoms. The van der Waals surface area contributed by atoms with Crippen LogP contribution in [0.1, 0.15) is 48.9 Å². The van der Waals surface area contributed by atoms with Crippen LogP contribution in [0, 0.1) is 17.8 Å². The highest BCUT2D eigenvalue weighted by atomic mass is 16.5. The van der Waals surface area contributed by atoms with Crippen molar-refractivity contribution < 1.29 is 14.3 Å². The summed E-state index contributed by atoms with van der Waals surface area (Å²) in [4.78, 5) is 25.5. The van der Waals surface area contributed by atoms with Gasteiger partial charge in [0.05, 0.1) is 11.7 Å². The number of carbonyl (C=O) groups excluding carboxylic acids is 2. The molecule has 0 radical (unpaired) electrons. The number of benzene rings is 1. The molecule has 5 atom stereocenters. The van der Waals surface area contributed by atoms with Gasteiger partial charge in [0, 0.05) is 30.7 Å². The third-order valence-electron chi connectivity index (χ3n) is 7.01. The number of amides is 2. The van der Waals surface area contributed by atoms with Gasteiger partial charge in [-0.05, 0) is 56.6 Å². The first-order valence-corrected chi connectivity index (χ1v) is 10.2. The Hall–Kier alpha value is -2.08. The third kappa shape index (κ3) is 2.90. The second-order valence-corrected chi connectivity index (χ2v) is 8.56. The Balaban J connectivity index is 1.29. The monoisotopic (exact) mass is 369 g/mol. The zero-order valence-electron chi connectivity index (χ0n) is 15.5. The van der Waals surface area contributed by atoms with Gasteiger partial charge in [0.25, 0.3) is 5.91 Å². The van der Waals surface area contributed by atoms with E-state index in [1.54, 1.807) is 0 Å². The van der Waals surface area contributed by atoms with Crippen LogP contribution in [0.3, 0.4) is 0 Å². The molecule has 6 rings (SSSR count). The number of nitrogens with one attached hydrogen (secondary N) is 3. The minimum atomic E-state index is -0.403. The van der Waals surface area contributed by atoms with Gasteiger partial charge in [-0.1, -0.05) is 12.1 Å². The van der Waals surface area contributed by atoms with Crippen molar-refractivity contribution in [3.63, 3.8) is 0 Å². The maximum absolute atomic E-state index is 12.8. The molecule has 2 heterocycles. The van der Waals surface area contributed by atoms with E-state index in [-0.39, 0.29) is 29.8 Å². The fourth-order valence-corrected chi connectivity index (χ4v) is 5.62. The lowest BCUT2D eigenvalue weighted by atomic mass is 9.58. The van der Waals surface area contributed by atoms with E-state index < -0.39 is 5.66 Å². The zero-order chi connectivity index (χ0) is 18.4. The molecule has 4 fully saturated rings. The lowest BCUT2D eigenvalue weighted by Gasteiger charge is -2.56. The number of fused-ring (bicyclic) bond motifs is 3. The largest absolute Gasteiger partial charge is 0.376 e. The van der Waals surface area contributed by atoms with Gasteiger partial charge >= 0.3 is 0 Å². The molecule has 1 saturated heterocycles. The summed E-state index contributed by atoms with van der Waals surface area (Å²) in [5, 5.41) is 10.0. The fourth-order valence-electron chi connectivity index (χ4n) is 5.62. The summed E-state index contributed by atoms with van der Waals surface area (Å²) in [7, 11) is 0. The van der Waals surface area contributed by atoms with E-state index >= 15 is 0 Å². The average molecular weight is 369 g/mol. The quantitative estimate of drug-likeness (QED) is 0.764. The normalized spacial score (nSPS) is 36.8. The van der Waals surface area contributed by atoms with Crippen molar-refractivity contribution in [1.82, 2.24) is 10.6 Å². The highest BCUT2D eigenvalue weighted by Crippen LogP contribution is 2.51. The van der Waals surface area contributed by atoms with Gasteiger partial charge in [-0.15, -0.1) is 0 Å². The lowest BCUT2D eigenvalue weighted by molar-refractivity contribution is -0.132. The average Bonchev–Trinajstić information content (AvgIpc) is 3.20. The molecule has 3 aliphatic carbocycles. The summed E-state index contributed by atoms with van der Waals surface area (Å²) in [6.07, 6.45) is 6.06. The summed E-state index contributed by atoms with van der Waals surface area (Å²) in [6, 6.07) is 7.68. The summed E-state index contributed by atoms with van der Waals surface area (Å²) in [5.41, 5.74) is 1.21. The number of para-hydroxylation sites is 1. The van der Waals surface area contributed by atoms with Gasteiger partial charge in [-0.3, -0.25) is 9.59 Å². The van der Waals surface area contributed by atoms with Crippen molar-refractivity contribution in [3.8, 4) is 0 Å². The molecule has 2 bridgehead atoms. The first-order valence-electron chi connectivity index (χ1n) is 10.2. The maximum Gasteiger partial charge on any atom is 0.255 e. The van der Waals surface area contributed by atoms with Gasteiger partial charge in [0.1, 0.15) is 5.66 Å². The van der Waals surface area contributed by atoms with Gasteiger partial charge < -0.3 is 20.7 Å². The molecule has 1 spiro atoms. The van der Waals surface area contributed by atoms with E-state index in [2.05, 4.69) is 16.0 Å². The second-order valence-electron chi connectivity index (χ2n) is 8.56. The Morgan fingerprint density at radius 3 is 2.89 bits per heavy atom. The van der Waals surface area contributed by atoms with Crippen LogP contribution in [0.2, 0.25) is 0 Å². The standard InChI is InChI=1S/C21H27N3O3/c25-19(22-12-15-4-3-9-27-15)17-10-14-8-7-13(17)11-21(14)23-18-6-2-1-5-16(18)20(26)24-21/h1-2,5-6,13-15,17,23H,3-4,7-12H2,(H,22,25)(H,24,26)/t13?,14?,15?,17?,21-/m1/s1. The summed E-state index contributed by atoms with van der Waals surface area (Å²) >= 11 is 0. The van der Waals surface area contributed by atoms with E-state index in [4.69, 9.17) is 4.74 Å². The minimum Gasteiger partial charge on any atom is -0.376 e. The van der Waals surface area contributed by atoms with Crippen LogP contribution in [0.4, 0.5) is 5.69 Å². The van der Waals surface area contributed by atoms with E-state index in [0.717, 1.165) is 50.8 Å². The van der Waals surface area contributed by atoms with Crippen molar-refractivity contribution in [2.45, 2.75) is 50.3 Å². The maximum atomic E-state index is 12.8. The zero-order valence-corrected chi connectivity index (χ0v) is 15.5. The molecule has 4 unspecified atom stereocenters. The number of hydrogen-bond donors (Lipinski definition) is 3. The van der Waals surface area contributed by atoms with Gasteiger partial charge in [-0.2, -0.15) is 0 Å². The summed E-state index contributed by atoms with van der Waals surface area (Å²) < 4.78 is 5.62. The Labute approximate surface area is 159 Å². The van der Waals surface area contributed by atoms with Crippen LogP contribution < -0.4 is 16.0 Å². The second kappa shape index (κ2) is 6.51. The molecule has 1 aromatic rings. The summed E-state index contributed by atoms with van der Waals surface area (Å²) in [5.74, 6) is 0.788. The van der Waals surface area contributed by atoms with Gasteiger partial charge in [0.15, 0.2) is 0 Å². The van der Waals surface area contributed by atoms with Crippen LogP contribution >= 0.6 is 0 Å². The molecule has 144 valence electrons. The molecule has 6 nitrogen and oxygen atoms in total. The highest BCUT2D eigenvalue weighted by molar-refractivity contribution is 6.02. The lowest BCUT2D eigenvalue weighted by Crippen LogP contribution is -2.68. The highest BCUT2D eigenvalue weighted by Gasteiger charge is 2.55. The van der Waals surface area contributed by atoms with Crippen molar-refractivity contribution in [1.29, 1.82) is 0 Å². The molecule has 3 N–H and O–H groups in total. The predicted molar refractivity (Wildman–Crippen MR) is 101 cm³/mol. The number of hydrogen-bond acceptors (Lipinski definition) is 4. The van der Waals surface area contributed by atoms with Crippen LogP contribution in [-0.2, 0) is 9.53 Å². The van der Waals surface area contributed by atoms with E-state index in [1.165, 1.54) is 0 Å².